The van der Waals surface area contributed by atoms with Gasteiger partial charge in [0.2, 0.25) is 0 Å². The number of carboxylic acids is 1. The van der Waals surface area contributed by atoms with Gasteiger partial charge >= 0.3 is 12.0 Å². The van der Waals surface area contributed by atoms with E-state index in [1.54, 1.807) is 18.2 Å². The minimum absolute atomic E-state index is 0.0493. The number of urea groups is 1. The van der Waals surface area contributed by atoms with Gasteiger partial charge in [-0.1, -0.05) is 15.9 Å². The zero-order chi connectivity index (χ0) is 15.4. The highest BCUT2D eigenvalue weighted by Gasteiger charge is 2.33. The zero-order valence-corrected chi connectivity index (χ0v) is 12.5. The van der Waals surface area contributed by atoms with Crippen LogP contribution in [0.3, 0.4) is 0 Å². The summed E-state index contributed by atoms with van der Waals surface area (Å²) in [6.07, 6.45) is 0. The van der Waals surface area contributed by atoms with Crippen molar-refractivity contribution in [2.24, 2.45) is 0 Å². The second kappa shape index (κ2) is 6.56. The molecule has 0 aliphatic carbocycles. The number of morpholine rings is 1. The van der Waals surface area contributed by atoms with Crippen LogP contribution in [0.15, 0.2) is 22.7 Å². The van der Waals surface area contributed by atoms with Crippen molar-refractivity contribution in [1.29, 1.82) is 5.26 Å². The van der Waals surface area contributed by atoms with Gasteiger partial charge in [-0.15, -0.1) is 0 Å². The number of nitrogens with one attached hydrogen (secondary N) is 1. The fraction of sp³-hybridized carbons (Fsp3) is 0.308. The second-order valence-electron chi connectivity index (χ2n) is 4.35. The monoisotopic (exact) mass is 353 g/mol. The van der Waals surface area contributed by atoms with Crippen LogP contribution in [0.4, 0.5) is 10.5 Å². The zero-order valence-electron chi connectivity index (χ0n) is 10.9. The number of halogens is 1. The number of hydrogen-bond donors (Lipinski definition) is 2. The lowest BCUT2D eigenvalue weighted by molar-refractivity contribution is -0.147. The number of nitrogens with zero attached hydrogens (tertiary/aromatic N) is 2. The van der Waals surface area contributed by atoms with Crippen LogP contribution in [0.1, 0.15) is 5.56 Å². The summed E-state index contributed by atoms with van der Waals surface area (Å²) >= 11 is 3.26. The first kappa shape index (κ1) is 15.3. The maximum atomic E-state index is 12.2. The number of ether oxygens (including phenoxy) is 1. The minimum atomic E-state index is -1.13. The number of hydrogen-bond acceptors (Lipinski definition) is 4. The number of rotatable bonds is 2. The number of benzene rings is 1. The third kappa shape index (κ3) is 3.51. The quantitative estimate of drug-likeness (QED) is 0.841. The molecule has 8 heteroatoms. The third-order valence-electron chi connectivity index (χ3n) is 3.02. The van der Waals surface area contributed by atoms with Gasteiger partial charge in [-0.2, -0.15) is 5.26 Å². The van der Waals surface area contributed by atoms with E-state index in [1.165, 1.54) is 4.90 Å². The molecule has 1 aliphatic heterocycles. The van der Waals surface area contributed by atoms with Crippen LogP contribution in [0.2, 0.25) is 0 Å². The standard InChI is InChI=1S/C13H12BrN3O4/c14-9-2-1-8(6-15)10(5-9)16-13(20)17-3-4-21-7-11(17)12(18)19/h1-2,5,11H,3-4,7H2,(H,16,20)(H,18,19). The molecular formula is C13H12BrN3O4. The van der Waals surface area contributed by atoms with Crippen molar-refractivity contribution in [2.45, 2.75) is 6.04 Å². The molecule has 1 atom stereocenters. The molecule has 2 N–H and O–H groups in total. The first-order valence-electron chi connectivity index (χ1n) is 6.10. The highest BCUT2D eigenvalue weighted by atomic mass is 79.9. The molecule has 1 fully saturated rings. The number of anilines is 1. The molecule has 0 radical (unpaired) electrons. The highest BCUT2D eigenvalue weighted by molar-refractivity contribution is 9.10. The van der Waals surface area contributed by atoms with Crippen LogP contribution < -0.4 is 5.32 Å². The molecule has 110 valence electrons. The average molecular weight is 354 g/mol. The molecule has 1 aromatic rings. The smallest absolute Gasteiger partial charge is 0.328 e. The molecule has 0 aromatic heterocycles. The Kier molecular flexibility index (Phi) is 4.77. The van der Waals surface area contributed by atoms with Crippen LogP contribution in [-0.4, -0.2) is 47.8 Å². The molecule has 0 saturated carbocycles. The van der Waals surface area contributed by atoms with E-state index in [1.807, 2.05) is 6.07 Å². The highest BCUT2D eigenvalue weighted by Crippen LogP contribution is 2.21. The third-order valence-corrected chi connectivity index (χ3v) is 3.51. The summed E-state index contributed by atoms with van der Waals surface area (Å²) in [5.41, 5.74) is 0.624. The lowest BCUT2D eigenvalue weighted by atomic mass is 10.2. The molecule has 1 aromatic carbocycles. The number of carboxylic acid groups (broad SMARTS) is 1. The van der Waals surface area contributed by atoms with E-state index in [-0.39, 0.29) is 19.8 Å². The summed E-state index contributed by atoms with van der Waals surface area (Å²) in [6, 6.07) is 5.21. The average Bonchev–Trinajstić information content (AvgIpc) is 2.47. The van der Waals surface area contributed by atoms with Crippen LogP contribution in [0, 0.1) is 11.3 Å². The maximum absolute atomic E-state index is 12.2. The van der Waals surface area contributed by atoms with E-state index < -0.39 is 18.0 Å². The summed E-state index contributed by atoms with van der Waals surface area (Å²) in [6.45, 7) is 0.409. The van der Waals surface area contributed by atoms with Crippen molar-refractivity contribution >= 4 is 33.6 Å². The maximum Gasteiger partial charge on any atom is 0.328 e. The molecule has 7 nitrogen and oxygen atoms in total. The van der Waals surface area contributed by atoms with Crippen molar-refractivity contribution in [3.05, 3.63) is 28.2 Å². The van der Waals surface area contributed by atoms with Gasteiger partial charge in [0.25, 0.3) is 0 Å². The Morgan fingerprint density at radius 2 is 2.29 bits per heavy atom. The fourth-order valence-electron chi connectivity index (χ4n) is 1.96. The number of aliphatic carboxylic acids is 1. The van der Waals surface area contributed by atoms with E-state index in [0.29, 0.717) is 15.7 Å². The first-order chi connectivity index (χ1) is 10.0. The Morgan fingerprint density at radius 1 is 1.52 bits per heavy atom. The van der Waals surface area contributed by atoms with Gasteiger partial charge < -0.3 is 20.1 Å². The van der Waals surface area contributed by atoms with E-state index in [2.05, 4.69) is 21.2 Å². The largest absolute Gasteiger partial charge is 0.480 e. The molecule has 21 heavy (non-hydrogen) atoms. The lowest BCUT2D eigenvalue weighted by Crippen LogP contribution is -2.54. The molecule has 0 bridgehead atoms. The molecule has 1 saturated heterocycles. The fourth-order valence-corrected chi connectivity index (χ4v) is 2.32. The Balaban J connectivity index is 2.19. The van der Waals surface area contributed by atoms with Gasteiger partial charge in [0.15, 0.2) is 6.04 Å². The van der Waals surface area contributed by atoms with E-state index in [4.69, 9.17) is 15.1 Å². The predicted octanol–water partition coefficient (Wildman–Crippen LogP) is 1.64. The van der Waals surface area contributed by atoms with Gasteiger partial charge in [-0.3, -0.25) is 0 Å². The van der Waals surface area contributed by atoms with Crippen molar-refractivity contribution < 1.29 is 19.4 Å². The van der Waals surface area contributed by atoms with Crippen LogP contribution in [0.5, 0.6) is 0 Å². The van der Waals surface area contributed by atoms with Crippen molar-refractivity contribution in [1.82, 2.24) is 4.90 Å². The summed E-state index contributed by atoms with van der Waals surface area (Å²) in [5.74, 6) is -1.13. The Hall–Kier alpha value is -2.11. The number of carbonyl (C=O) groups is 2. The molecule has 1 aliphatic rings. The van der Waals surface area contributed by atoms with Gasteiger partial charge in [0, 0.05) is 11.0 Å². The molecular weight excluding hydrogens is 342 g/mol. The van der Waals surface area contributed by atoms with Gasteiger partial charge in [0.1, 0.15) is 6.07 Å². The van der Waals surface area contributed by atoms with E-state index in [9.17, 15) is 9.59 Å². The normalized spacial score (nSPS) is 17.9. The summed E-state index contributed by atoms with van der Waals surface area (Å²) in [4.78, 5) is 24.6. The molecule has 1 unspecified atom stereocenters. The molecule has 1 heterocycles. The topological polar surface area (TPSA) is 103 Å². The van der Waals surface area contributed by atoms with Crippen molar-refractivity contribution in [3.8, 4) is 6.07 Å². The SMILES string of the molecule is N#Cc1ccc(Br)cc1NC(=O)N1CCOCC1C(=O)O. The Bertz CT molecular complexity index is 614. The Morgan fingerprint density at radius 3 is 2.95 bits per heavy atom. The van der Waals surface area contributed by atoms with Crippen LogP contribution in [-0.2, 0) is 9.53 Å². The molecule has 0 spiro atoms. The van der Waals surface area contributed by atoms with E-state index in [0.717, 1.165) is 0 Å². The number of amides is 2. The van der Waals surface area contributed by atoms with Crippen LogP contribution >= 0.6 is 15.9 Å². The molecule has 2 rings (SSSR count). The van der Waals surface area contributed by atoms with Gasteiger partial charge in [-0.25, -0.2) is 9.59 Å². The van der Waals surface area contributed by atoms with Crippen molar-refractivity contribution in [2.75, 3.05) is 25.1 Å². The second-order valence-corrected chi connectivity index (χ2v) is 5.27. The van der Waals surface area contributed by atoms with Crippen LogP contribution in [0.25, 0.3) is 0 Å². The summed E-state index contributed by atoms with van der Waals surface area (Å²) in [5, 5.41) is 20.7. The lowest BCUT2D eigenvalue weighted by Gasteiger charge is -2.32. The summed E-state index contributed by atoms with van der Waals surface area (Å²) in [7, 11) is 0. The predicted molar refractivity (Wildman–Crippen MR) is 76.8 cm³/mol. The van der Waals surface area contributed by atoms with E-state index >= 15 is 0 Å². The molecule has 2 amide bonds. The number of nitriles is 1. The number of carbonyl (C=O) groups excluding carboxylic acids is 1. The van der Waals surface area contributed by atoms with Gasteiger partial charge in [0.05, 0.1) is 24.5 Å². The van der Waals surface area contributed by atoms with Crippen molar-refractivity contribution in [3.63, 3.8) is 0 Å². The Labute approximate surface area is 129 Å². The first-order valence-corrected chi connectivity index (χ1v) is 6.90. The summed E-state index contributed by atoms with van der Waals surface area (Å²) < 4.78 is 5.78. The minimum Gasteiger partial charge on any atom is -0.480 e. The van der Waals surface area contributed by atoms with Gasteiger partial charge in [-0.05, 0) is 18.2 Å².